The number of nitrogens with two attached hydrogens (primary N) is 1. The van der Waals surface area contributed by atoms with Crippen LogP contribution < -0.4 is 15.2 Å². The summed E-state index contributed by atoms with van der Waals surface area (Å²) in [4.78, 5) is 23.3. The summed E-state index contributed by atoms with van der Waals surface area (Å²) >= 11 is 3.40. The van der Waals surface area contributed by atoms with E-state index in [0.29, 0.717) is 22.3 Å². The molecule has 0 atom stereocenters. The summed E-state index contributed by atoms with van der Waals surface area (Å²) in [6, 6.07) is 6.06. The summed E-state index contributed by atoms with van der Waals surface area (Å²) in [5, 5.41) is 21.2. The number of carbonyl (C=O) groups excluding carboxylic acids is 2. The van der Waals surface area contributed by atoms with E-state index in [1.807, 2.05) is 0 Å². The van der Waals surface area contributed by atoms with Crippen molar-refractivity contribution in [3.63, 3.8) is 0 Å². The summed E-state index contributed by atoms with van der Waals surface area (Å²) in [6.45, 7) is 3.26. The second kappa shape index (κ2) is 11.6. The van der Waals surface area contributed by atoms with Crippen LogP contribution in [0.3, 0.4) is 0 Å². The number of phenols is 1. The number of nitrogens with zero attached hydrogens (tertiary/aromatic N) is 4. The maximum absolute atomic E-state index is 12.8. The second-order valence-electron chi connectivity index (χ2n) is 8.01. The van der Waals surface area contributed by atoms with Crippen LogP contribution in [-0.2, 0) is 6.42 Å². The van der Waals surface area contributed by atoms with Gasteiger partial charge in [0, 0.05) is 28.9 Å². The number of amides is 1. The highest BCUT2D eigenvalue weighted by atomic mass is 79.9. The molecule has 14 heteroatoms. The van der Waals surface area contributed by atoms with E-state index in [1.54, 1.807) is 19.1 Å². The van der Waals surface area contributed by atoms with E-state index in [4.69, 9.17) is 15.2 Å². The Kier molecular flexibility index (Phi) is 8.73. The fraction of sp³-hybridized carbons (Fsp3) is 0.348. The fourth-order valence-electron chi connectivity index (χ4n) is 3.43. The van der Waals surface area contributed by atoms with Gasteiger partial charge in [-0.3, -0.25) is 9.59 Å². The van der Waals surface area contributed by atoms with Crippen LogP contribution in [0.25, 0.3) is 5.69 Å². The molecule has 0 saturated heterocycles. The third-order valence-corrected chi connectivity index (χ3v) is 5.88. The minimum absolute atomic E-state index is 0.0616. The first-order valence-electron chi connectivity index (χ1n) is 11.0. The van der Waals surface area contributed by atoms with Gasteiger partial charge in [0.2, 0.25) is 5.82 Å². The molecule has 0 unspecified atom stereocenters. The minimum atomic E-state index is -4.44. The summed E-state index contributed by atoms with van der Waals surface area (Å²) in [5.74, 6) is -1.43. The van der Waals surface area contributed by atoms with Crippen LogP contribution >= 0.6 is 15.9 Å². The number of Topliss-reactive ketones (excluding diaryl/α,β-unsaturated/α-hetero) is 1. The number of halogens is 4. The van der Waals surface area contributed by atoms with E-state index < -0.39 is 36.5 Å². The molecule has 0 aliphatic rings. The molecule has 198 valence electrons. The van der Waals surface area contributed by atoms with E-state index >= 15 is 0 Å². The Balaban J connectivity index is 1.67. The van der Waals surface area contributed by atoms with Crippen molar-refractivity contribution >= 4 is 27.6 Å². The van der Waals surface area contributed by atoms with Gasteiger partial charge in [-0.1, -0.05) is 0 Å². The topological polar surface area (TPSA) is 142 Å². The lowest BCUT2D eigenvalue weighted by atomic mass is 10.0. The number of tetrazole rings is 1. The molecule has 0 aliphatic carbocycles. The molecular weight excluding hydrogens is 563 g/mol. The number of hydrogen-bond donors (Lipinski definition) is 2. The molecule has 1 aromatic heterocycles. The number of aromatic nitrogens is 4. The Hall–Kier alpha value is -3.68. The predicted octanol–water partition coefficient (Wildman–Crippen LogP) is 4.08. The quantitative estimate of drug-likeness (QED) is 0.253. The normalized spacial score (nSPS) is 11.4. The van der Waals surface area contributed by atoms with E-state index in [-0.39, 0.29) is 35.9 Å². The Morgan fingerprint density at radius 1 is 1.16 bits per heavy atom. The average molecular weight is 586 g/mol. The van der Waals surface area contributed by atoms with Gasteiger partial charge in [-0.05, 0) is 70.4 Å². The van der Waals surface area contributed by atoms with Gasteiger partial charge in [-0.2, -0.15) is 17.9 Å². The number of primary amides is 1. The molecular formula is C23H23BrF3N5O5. The summed E-state index contributed by atoms with van der Waals surface area (Å²) in [5.41, 5.74) is 6.35. The van der Waals surface area contributed by atoms with Crippen molar-refractivity contribution in [2.45, 2.75) is 39.3 Å². The summed E-state index contributed by atoms with van der Waals surface area (Å²) in [7, 11) is 0. The van der Waals surface area contributed by atoms with Crippen LogP contribution in [0.2, 0.25) is 0 Å². The first-order valence-corrected chi connectivity index (χ1v) is 11.7. The zero-order chi connectivity index (χ0) is 27.3. The van der Waals surface area contributed by atoms with Crippen molar-refractivity contribution in [1.82, 2.24) is 20.2 Å². The highest BCUT2D eigenvalue weighted by molar-refractivity contribution is 9.10. The number of ketones is 1. The molecule has 3 rings (SSSR count). The van der Waals surface area contributed by atoms with E-state index in [9.17, 15) is 27.9 Å². The van der Waals surface area contributed by atoms with Crippen molar-refractivity contribution in [2.24, 2.45) is 5.73 Å². The smallest absolute Gasteiger partial charge is 0.389 e. The molecule has 1 amide bonds. The molecule has 0 bridgehead atoms. The van der Waals surface area contributed by atoms with Crippen molar-refractivity contribution < 1.29 is 37.3 Å². The summed E-state index contributed by atoms with van der Waals surface area (Å²) in [6.07, 6.45) is -5.80. The van der Waals surface area contributed by atoms with Gasteiger partial charge >= 0.3 is 6.18 Å². The average Bonchev–Trinajstić information content (AvgIpc) is 3.28. The largest absolute Gasteiger partial charge is 0.507 e. The van der Waals surface area contributed by atoms with Gasteiger partial charge in [0.15, 0.2) is 5.78 Å². The highest BCUT2D eigenvalue weighted by Gasteiger charge is 2.29. The number of aromatic hydroxyl groups is 1. The number of phenolic OH excluding ortho intramolecular Hbond substituents is 1. The third kappa shape index (κ3) is 6.96. The zero-order valence-corrected chi connectivity index (χ0v) is 21.4. The SMILES string of the molecule is CC(=O)c1ccc(OCCCOc2cc(-n3nnnc3C(N)=O)c(Br)cc2C)c(CCC(F)(F)F)c1O. The maximum atomic E-state index is 12.8. The van der Waals surface area contributed by atoms with Crippen molar-refractivity contribution in [2.75, 3.05) is 13.2 Å². The van der Waals surface area contributed by atoms with Crippen LogP contribution in [0.1, 0.15) is 51.9 Å². The molecule has 0 radical (unpaired) electrons. The molecule has 0 saturated carbocycles. The Bertz CT molecular complexity index is 1310. The number of hydrogen-bond acceptors (Lipinski definition) is 8. The standard InChI is InChI=1S/C23H23BrF3N5O5/c1-12-10-16(24)17(32-22(21(28)35)29-30-31-32)11-19(12)37-9-3-8-36-18-5-4-14(13(2)33)20(34)15(18)6-7-23(25,26)27/h4-5,10-11,34H,3,6-9H2,1-2H3,(H2,28,35). The second-order valence-corrected chi connectivity index (χ2v) is 8.86. The van der Waals surface area contributed by atoms with Crippen LogP contribution in [-0.4, -0.2) is 56.4 Å². The first-order chi connectivity index (χ1) is 17.4. The monoisotopic (exact) mass is 585 g/mol. The Labute approximate surface area is 217 Å². The number of ether oxygens (including phenoxy) is 2. The van der Waals surface area contributed by atoms with Gasteiger partial charge in [-0.15, -0.1) is 5.10 Å². The van der Waals surface area contributed by atoms with E-state index in [1.165, 1.54) is 23.7 Å². The molecule has 10 nitrogen and oxygen atoms in total. The fourth-order valence-corrected chi connectivity index (χ4v) is 4.06. The lowest BCUT2D eigenvalue weighted by Crippen LogP contribution is -2.18. The molecule has 3 N–H and O–H groups in total. The molecule has 37 heavy (non-hydrogen) atoms. The van der Waals surface area contributed by atoms with Crippen molar-refractivity contribution in [3.05, 3.63) is 51.3 Å². The highest BCUT2D eigenvalue weighted by Crippen LogP contribution is 2.35. The Morgan fingerprint density at radius 3 is 2.46 bits per heavy atom. The van der Waals surface area contributed by atoms with Gasteiger partial charge in [-0.25, -0.2) is 0 Å². The van der Waals surface area contributed by atoms with Crippen LogP contribution in [0.5, 0.6) is 17.2 Å². The van der Waals surface area contributed by atoms with E-state index in [2.05, 4.69) is 31.5 Å². The number of alkyl halides is 3. The summed E-state index contributed by atoms with van der Waals surface area (Å²) < 4.78 is 51.5. The lowest BCUT2D eigenvalue weighted by molar-refractivity contribution is -0.134. The van der Waals surface area contributed by atoms with Gasteiger partial charge in [0.05, 0.1) is 24.5 Å². The van der Waals surface area contributed by atoms with Crippen LogP contribution in [0, 0.1) is 6.92 Å². The zero-order valence-electron chi connectivity index (χ0n) is 19.8. The Morgan fingerprint density at radius 2 is 1.84 bits per heavy atom. The lowest BCUT2D eigenvalue weighted by Gasteiger charge is -2.16. The van der Waals surface area contributed by atoms with Gasteiger partial charge in [0.1, 0.15) is 17.2 Å². The third-order valence-electron chi connectivity index (χ3n) is 5.24. The number of benzene rings is 2. The van der Waals surface area contributed by atoms with Crippen molar-refractivity contribution in [1.29, 1.82) is 0 Å². The van der Waals surface area contributed by atoms with Crippen LogP contribution in [0.15, 0.2) is 28.7 Å². The van der Waals surface area contributed by atoms with E-state index in [0.717, 1.165) is 5.56 Å². The molecule has 0 aliphatic heterocycles. The minimum Gasteiger partial charge on any atom is -0.507 e. The molecule has 3 aromatic rings. The van der Waals surface area contributed by atoms with Crippen molar-refractivity contribution in [3.8, 4) is 22.9 Å². The molecule has 2 aromatic carbocycles. The van der Waals surface area contributed by atoms with Gasteiger partial charge in [0.25, 0.3) is 5.91 Å². The molecule has 0 fully saturated rings. The number of aryl methyl sites for hydroxylation is 1. The van der Waals surface area contributed by atoms with Gasteiger partial charge < -0.3 is 20.3 Å². The predicted molar refractivity (Wildman–Crippen MR) is 128 cm³/mol. The number of carbonyl (C=O) groups is 2. The molecule has 1 heterocycles. The number of rotatable bonds is 11. The first kappa shape index (κ1) is 27.9. The van der Waals surface area contributed by atoms with Crippen LogP contribution in [0.4, 0.5) is 13.2 Å². The maximum Gasteiger partial charge on any atom is 0.389 e. The molecule has 0 spiro atoms.